The molecule has 0 spiro atoms. The lowest BCUT2D eigenvalue weighted by atomic mass is 10.1. The molecule has 0 heterocycles. The largest absolute Gasteiger partial charge is 0.330 e. The van der Waals surface area contributed by atoms with Crippen LogP contribution in [0.15, 0.2) is 78.9 Å². The number of nitrogens with zero attached hydrogens (tertiary/aromatic N) is 1. The van der Waals surface area contributed by atoms with E-state index in [4.69, 9.17) is 11.5 Å². The fourth-order valence-electron chi connectivity index (χ4n) is 2.98. The molecule has 0 atom stereocenters. The highest BCUT2D eigenvalue weighted by atomic mass is 15.1. The Balaban J connectivity index is 1.98. The molecule has 0 saturated carbocycles. The van der Waals surface area contributed by atoms with Crippen LogP contribution in [0, 0.1) is 0 Å². The van der Waals surface area contributed by atoms with Gasteiger partial charge in [0.15, 0.2) is 0 Å². The summed E-state index contributed by atoms with van der Waals surface area (Å²) < 4.78 is 0. The first kappa shape index (κ1) is 17.2. The van der Waals surface area contributed by atoms with Crippen LogP contribution in [0.3, 0.4) is 0 Å². The lowest BCUT2D eigenvalue weighted by Crippen LogP contribution is -2.10. The Morgan fingerprint density at radius 2 is 0.920 bits per heavy atom. The van der Waals surface area contributed by atoms with Crippen LogP contribution in [-0.4, -0.2) is 13.1 Å². The Labute approximate surface area is 149 Å². The molecule has 0 aliphatic carbocycles. The Hall–Kier alpha value is -2.62. The molecule has 0 unspecified atom stereocenters. The summed E-state index contributed by atoms with van der Waals surface area (Å²) >= 11 is 0. The van der Waals surface area contributed by atoms with Crippen molar-refractivity contribution in [3.05, 3.63) is 90.0 Å². The standard InChI is InChI=1S/C22H25N3/c23-16-14-18-6-10-21(11-7-18)25(20-4-2-1-3-5-20)22-12-8-19(9-13-22)15-17-24/h1-13H,14-17,23-24H2. The smallest absolute Gasteiger partial charge is 0.0461 e. The van der Waals surface area contributed by atoms with Gasteiger partial charge in [0.05, 0.1) is 0 Å². The van der Waals surface area contributed by atoms with E-state index >= 15 is 0 Å². The molecule has 0 aliphatic rings. The van der Waals surface area contributed by atoms with Crippen molar-refractivity contribution < 1.29 is 0 Å². The molecule has 0 bridgehead atoms. The van der Waals surface area contributed by atoms with Gasteiger partial charge in [-0.3, -0.25) is 0 Å². The van der Waals surface area contributed by atoms with Crippen LogP contribution in [0.1, 0.15) is 11.1 Å². The zero-order valence-corrected chi connectivity index (χ0v) is 14.4. The topological polar surface area (TPSA) is 55.3 Å². The maximum absolute atomic E-state index is 5.66. The minimum atomic E-state index is 0.671. The predicted molar refractivity (Wildman–Crippen MR) is 107 cm³/mol. The number of rotatable bonds is 7. The molecule has 0 aliphatic heterocycles. The Kier molecular flexibility index (Phi) is 5.83. The van der Waals surface area contributed by atoms with E-state index in [1.807, 2.05) is 6.07 Å². The van der Waals surface area contributed by atoms with Gasteiger partial charge in [0, 0.05) is 17.1 Å². The van der Waals surface area contributed by atoms with Crippen molar-refractivity contribution in [1.29, 1.82) is 0 Å². The summed E-state index contributed by atoms with van der Waals surface area (Å²) in [5, 5.41) is 0. The van der Waals surface area contributed by atoms with Crippen LogP contribution in [0.4, 0.5) is 17.1 Å². The number of hydrogen-bond acceptors (Lipinski definition) is 3. The fourth-order valence-corrected chi connectivity index (χ4v) is 2.98. The lowest BCUT2D eigenvalue weighted by Gasteiger charge is -2.25. The molecule has 0 saturated heterocycles. The van der Waals surface area contributed by atoms with Gasteiger partial charge in [-0.05, 0) is 73.5 Å². The average molecular weight is 331 g/mol. The number of benzene rings is 3. The van der Waals surface area contributed by atoms with Crippen molar-refractivity contribution >= 4 is 17.1 Å². The van der Waals surface area contributed by atoms with E-state index in [2.05, 4.69) is 77.7 Å². The Bertz CT molecular complexity index is 715. The number of hydrogen-bond donors (Lipinski definition) is 2. The van der Waals surface area contributed by atoms with E-state index < -0.39 is 0 Å². The molecule has 3 nitrogen and oxygen atoms in total. The molecule has 0 amide bonds. The summed E-state index contributed by atoms with van der Waals surface area (Å²) in [6.45, 7) is 1.34. The predicted octanol–water partition coefficient (Wildman–Crippen LogP) is 4.16. The molecule has 0 radical (unpaired) electrons. The maximum Gasteiger partial charge on any atom is 0.0461 e. The third-order valence-corrected chi connectivity index (χ3v) is 4.27. The highest BCUT2D eigenvalue weighted by Gasteiger charge is 2.12. The minimum absolute atomic E-state index is 0.671. The van der Waals surface area contributed by atoms with Crippen molar-refractivity contribution in [2.75, 3.05) is 18.0 Å². The van der Waals surface area contributed by atoms with Gasteiger partial charge in [0.2, 0.25) is 0 Å². The third-order valence-electron chi connectivity index (χ3n) is 4.27. The van der Waals surface area contributed by atoms with Crippen LogP contribution in [0.5, 0.6) is 0 Å². The summed E-state index contributed by atoms with van der Waals surface area (Å²) in [6, 6.07) is 27.7. The van der Waals surface area contributed by atoms with Gasteiger partial charge in [-0.25, -0.2) is 0 Å². The Morgan fingerprint density at radius 1 is 0.520 bits per heavy atom. The zero-order valence-electron chi connectivity index (χ0n) is 14.4. The van der Waals surface area contributed by atoms with Crippen LogP contribution < -0.4 is 16.4 Å². The van der Waals surface area contributed by atoms with E-state index in [1.165, 1.54) is 11.1 Å². The summed E-state index contributed by atoms with van der Waals surface area (Å²) in [4.78, 5) is 2.26. The molecule has 128 valence electrons. The normalized spacial score (nSPS) is 10.6. The van der Waals surface area contributed by atoms with Gasteiger partial charge in [-0.2, -0.15) is 0 Å². The van der Waals surface area contributed by atoms with Crippen molar-refractivity contribution in [2.45, 2.75) is 12.8 Å². The Morgan fingerprint density at radius 3 is 1.32 bits per heavy atom. The molecule has 3 aromatic carbocycles. The quantitative estimate of drug-likeness (QED) is 0.683. The van der Waals surface area contributed by atoms with E-state index in [-0.39, 0.29) is 0 Å². The number of nitrogens with two attached hydrogens (primary N) is 2. The first-order valence-electron chi connectivity index (χ1n) is 8.75. The second-order valence-corrected chi connectivity index (χ2v) is 6.08. The first-order chi connectivity index (χ1) is 12.3. The molecule has 3 rings (SSSR count). The SMILES string of the molecule is NCCc1ccc(N(c2ccccc2)c2ccc(CCN)cc2)cc1. The molecule has 4 N–H and O–H groups in total. The third kappa shape index (κ3) is 4.27. The highest BCUT2D eigenvalue weighted by molar-refractivity contribution is 5.76. The molecule has 0 aromatic heterocycles. The van der Waals surface area contributed by atoms with E-state index in [9.17, 15) is 0 Å². The van der Waals surface area contributed by atoms with Gasteiger partial charge >= 0.3 is 0 Å². The van der Waals surface area contributed by atoms with Gasteiger partial charge in [0.1, 0.15) is 0 Å². The number of para-hydroxylation sites is 1. The molecular weight excluding hydrogens is 306 g/mol. The second kappa shape index (κ2) is 8.47. The average Bonchev–Trinajstić information content (AvgIpc) is 2.66. The van der Waals surface area contributed by atoms with Crippen LogP contribution in [-0.2, 0) is 12.8 Å². The summed E-state index contributed by atoms with van der Waals surface area (Å²) in [6.07, 6.45) is 1.80. The molecule has 3 aromatic rings. The molecule has 0 fully saturated rings. The van der Waals surface area contributed by atoms with E-state index in [1.54, 1.807) is 0 Å². The van der Waals surface area contributed by atoms with E-state index in [0.29, 0.717) is 13.1 Å². The van der Waals surface area contributed by atoms with Crippen LogP contribution in [0.25, 0.3) is 0 Å². The van der Waals surface area contributed by atoms with Crippen molar-refractivity contribution in [1.82, 2.24) is 0 Å². The second-order valence-electron chi connectivity index (χ2n) is 6.08. The highest BCUT2D eigenvalue weighted by Crippen LogP contribution is 2.34. The monoisotopic (exact) mass is 331 g/mol. The van der Waals surface area contributed by atoms with Crippen molar-refractivity contribution in [2.24, 2.45) is 11.5 Å². The summed E-state index contributed by atoms with van der Waals surface area (Å²) in [5.74, 6) is 0. The first-order valence-corrected chi connectivity index (χ1v) is 8.75. The van der Waals surface area contributed by atoms with Crippen molar-refractivity contribution in [3.8, 4) is 0 Å². The maximum atomic E-state index is 5.66. The molecule has 3 heteroatoms. The molecular formula is C22H25N3. The lowest BCUT2D eigenvalue weighted by molar-refractivity contribution is 0.967. The number of anilines is 3. The molecule has 25 heavy (non-hydrogen) atoms. The zero-order chi connectivity index (χ0) is 17.5. The minimum Gasteiger partial charge on any atom is -0.330 e. The van der Waals surface area contributed by atoms with Gasteiger partial charge in [-0.1, -0.05) is 42.5 Å². The van der Waals surface area contributed by atoms with Crippen LogP contribution in [0.2, 0.25) is 0 Å². The van der Waals surface area contributed by atoms with Gasteiger partial charge < -0.3 is 16.4 Å². The summed E-state index contributed by atoms with van der Waals surface area (Å²) in [7, 11) is 0. The van der Waals surface area contributed by atoms with Gasteiger partial charge in [-0.15, -0.1) is 0 Å². The van der Waals surface area contributed by atoms with Gasteiger partial charge in [0.25, 0.3) is 0 Å². The van der Waals surface area contributed by atoms with Crippen molar-refractivity contribution in [3.63, 3.8) is 0 Å². The fraction of sp³-hybridized carbons (Fsp3) is 0.182. The van der Waals surface area contributed by atoms with Crippen LogP contribution >= 0.6 is 0 Å². The van der Waals surface area contributed by atoms with E-state index in [0.717, 1.165) is 29.9 Å². The summed E-state index contributed by atoms with van der Waals surface area (Å²) in [5.41, 5.74) is 17.3.